The number of carboxylic acid groups (broad SMARTS) is 1. The molecule has 3 heterocycles. The van der Waals surface area contributed by atoms with Crippen molar-refractivity contribution in [1.82, 2.24) is 24.6 Å². The van der Waals surface area contributed by atoms with E-state index in [-0.39, 0.29) is 6.54 Å². The van der Waals surface area contributed by atoms with E-state index in [2.05, 4.69) is 20.0 Å². The van der Waals surface area contributed by atoms with Crippen LogP contribution >= 0.6 is 0 Å². The third-order valence-electron chi connectivity index (χ3n) is 4.40. The van der Waals surface area contributed by atoms with Crippen LogP contribution in [-0.2, 0) is 29.2 Å². The van der Waals surface area contributed by atoms with E-state index in [0.29, 0.717) is 18.3 Å². The lowest BCUT2D eigenvalue weighted by molar-refractivity contribution is -0.137. The second-order valence-corrected chi connectivity index (χ2v) is 6.32. The first kappa shape index (κ1) is 17.5. The molecule has 1 fully saturated rings. The number of rotatable bonds is 7. The highest BCUT2D eigenvalue weighted by molar-refractivity contribution is 5.66. The Morgan fingerprint density at radius 3 is 2.92 bits per heavy atom. The first-order chi connectivity index (χ1) is 12.2. The van der Waals surface area contributed by atoms with Gasteiger partial charge in [0.05, 0.1) is 0 Å². The van der Waals surface area contributed by atoms with Crippen LogP contribution in [0.4, 0.5) is 0 Å². The molecule has 3 rings (SSSR count). The highest BCUT2D eigenvalue weighted by atomic mass is 16.5. The first-order valence-corrected chi connectivity index (χ1v) is 8.40. The van der Waals surface area contributed by atoms with E-state index < -0.39 is 5.97 Å². The third kappa shape index (κ3) is 4.61. The molecule has 0 saturated carbocycles. The minimum absolute atomic E-state index is 0.0896. The van der Waals surface area contributed by atoms with Crippen molar-refractivity contribution in [1.29, 1.82) is 0 Å². The lowest BCUT2D eigenvalue weighted by Gasteiger charge is -2.32. The molecule has 1 atom stereocenters. The third-order valence-corrected chi connectivity index (χ3v) is 4.40. The highest BCUT2D eigenvalue weighted by Gasteiger charge is 2.24. The summed E-state index contributed by atoms with van der Waals surface area (Å²) in [5.41, 5.74) is 2.07. The van der Waals surface area contributed by atoms with E-state index in [4.69, 9.17) is 9.84 Å². The molecule has 8 nitrogen and oxygen atoms in total. The second-order valence-electron chi connectivity index (χ2n) is 6.32. The van der Waals surface area contributed by atoms with Crippen LogP contribution in [0.1, 0.15) is 35.8 Å². The summed E-state index contributed by atoms with van der Waals surface area (Å²) < 4.78 is 6.62. The lowest BCUT2D eigenvalue weighted by Crippen LogP contribution is -2.35. The molecule has 0 aliphatic carbocycles. The number of carboxylic acids is 1. The molecule has 8 heteroatoms. The molecule has 1 aliphatic heterocycles. The molecule has 2 aromatic heterocycles. The van der Waals surface area contributed by atoms with Gasteiger partial charge < -0.3 is 9.84 Å². The predicted octanol–water partition coefficient (Wildman–Crippen LogP) is 1.28. The van der Waals surface area contributed by atoms with Crippen LogP contribution < -0.4 is 0 Å². The van der Waals surface area contributed by atoms with Crippen LogP contribution in [0.3, 0.4) is 0 Å². The van der Waals surface area contributed by atoms with E-state index in [9.17, 15) is 4.79 Å². The number of nitrogens with zero attached hydrogens (tertiary/aromatic N) is 5. The fraction of sp³-hybridized carbons (Fsp3) is 0.529. The molecule has 0 radical (unpaired) electrons. The Hall–Kier alpha value is -2.32. The van der Waals surface area contributed by atoms with Gasteiger partial charge in [0, 0.05) is 56.0 Å². The van der Waals surface area contributed by atoms with Crippen LogP contribution in [0.25, 0.3) is 0 Å². The van der Waals surface area contributed by atoms with Gasteiger partial charge in [0.25, 0.3) is 0 Å². The van der Waals surface area contributed by atoms with Crippen molar-refractivity contribution >= 4 is 5.97 Å². The van der Waals surface area contributed by atoms with Gasteiger partial charge >= 0.3 is 5.97 Å². The summed E-state index contributed by atoms with van der Waals surface area (Å²) in [5.74, 6) is 0.107. The number of likely N-dealkylation sites (tertiary alicyclic amines) is 1. The number of aromatic nitrogens is 4. The number of ether oxygens (including phenoxy) is 1. The molecule has 25 heavy (non-hydrogen) atoms. The largest absolute Gasteiger partial charge is 0.480 e. The molecule has 1 N–H and O–H groups in total. The molecule has 0 spiro atoms. The Morgan fingerprint density at radius 2 is 2.20 bits per heavy atom. The summed E-state index contributed by atoms with van der Waals surface area (Å²) in [6.45, 7) is 3.01. The van der Waals surface area contributed by atoms with Crippen molar-refractivity contribution in [3.05, 3.63) is 41.7 Å². The van der Waals surface area contributed by atoms with E-state index in [1.165, 1.54) is 0 Å². The maximum Gasteiger partial charge on any atom is 0.325 e. The van der Waals surface area contributed by atoms with Crippen LogP contribution in [0, 0.1) is 0 Å². The zero-order valence-electron chi connectivity index (χ0n) is 14.3. The molecule has 0 bridgehead atoms. The van der Waals surface area contributed by atoms with Gasteiger partial charge in [0.1, 0.15) is 13.2 Å². The van der Waals surface area contributed by atoms with Gasteiger partial charge in [-0.2, -0.15) is 5.10 Å². The van der Waals surface area contributed by atoms with E-state index >= 15 is 0 Å². The van der Waals surface area contributed by atoms with Gasteiger partial charge in [-0.3, -0.25) is 14.4 Å². The molecule has 0 amide bonds. The number of hydrogen-bond acceptors (Lipinski definition) is 6. The van der Waals surface area contributed by atoms with Gasteiger partial charge in [0.2, 0.25) is 0 Å². The maximum absolute atomic E-state index is 11.0. The van der Waals surface area contributed by atoms with Crippen LogP contribution in [-0.4, -0.2) is 55.9 Å². The van der Waals surface area contributed by atoms with Gasteiger partial charge in [-0.25, -0.2) is 9.97 Å². The van der Waals surface area contributed by atoms with Crippen LogP contribution in [0.2, 0.25) is 0 Å². The molecule has 1 aliphatic rings. The van der Waals surface area contributed by atoms with Crippen molar-refractivity contribution in [2.45, 2.75) is 38.5 Å². The average molecular weight is 345 g/mol. The SMILES string of the molecule is COCc1ncc(CN2CCC[C@H](c3ccnn3CC(=O)O)C2)cn1. The van der Waals surface area contributed by atoms with Crippen LogP contribution in [0.5, 0.6) is 0 Å². The second kappa shape index (κ2) is 8.17. The Balaban J connectivity index is 1.63. The van der Waals surface area contributed by atoms with Gasteiger partial charge in [-0.15, -0.1) is 0 Å². The summed E-state index contributed by atoms with van der Waals surface area (Å²) in [7, 11) is 1.63. The molecule has 0 unspecified atom stereocenters. The van der Waals surface area contributed by atoms with E-state index in [1.807, 2.05) is 18.5 Å². The number of piperidine rings is 1. The Labute approximate surface area is 146 Å². The summed E-state index contributed by atoms with van der Waals surface area (Å²) in [4.78, 5) is 22.0. The Morgan fingerprint density at radius 1 is 1.40 bits per heavy atom. The van der Waals surface area contributed by atoms with E-state index in [0.717, 1.165) is 43.7 Å². The molecule has 0 aromatic carbocycles. The maximum atomic E-state index is 11.0. The van der Waals surface area contributed by atoms with Gasteiger partial charge in [-0.1, -0.05) is 0 Å². The van der Waals surface area contributed by atoms with Gasteiger partial charge in [-0.05, 0) is 25.5 Å². The predicted molar refractivity (Wildman–Crippen MR) is 89.9 cm³/mol. The summed E-state index contributed by atoms with van der Waals surface area (Å²) >= 11 is 0. The minimum Gasteiger partial charge on any atom is -0.480 e. The number of carbonyl (C=O) groups is 1. The Kier molecular flexibility index (Phi) is 5.72. The number of hydrogen-bond donors (Lipinski definition) is 1. The van der Waals surface area contributed by atoms with Crippen molar-refractivity contribution in [2.24, 2.45) is 0 Å². The lowest BCUT2D eigenvalue weighted by atomic mass is 9.94. The summed E-state index contributed by atoms with van der Waals surface area (Å²) in [5, 5.41) is 13.2. The highest BCUT2D eigenvalue weighted by Crippen LogP contribution is 2.27. The van der Waals surface area contributed by atoms with Crippen molar-refractivity contribution < 1.29 is 14.6 Å². The van der Waals surface area contributed by atoms with Crippen LogP contribution in [0.15, 0.2) is 24.7 Å². The average Bonchev–Trinajstić information content (AvgIpc) is 3.04. The number of methoxy groups -OCH3 is 1. The standard InChI is InChI=1S/C17H23N5O3/c1-25-12-16-18-7-13(8-19-16)9-21-6-2-3-14(10-21)15-4-5-20-22(15)11-17(23)24/h4-5,7-8,14H,2-3,6,9-12H2,1H3,(H,23,24)/t14-/m0/s1. The monoisotopic (exact) mass is 345 g/mol. The molecule has 1 saturated heterocycles. The van der Waals surface area contributed by atoms with Gasteiger partial charge in [0.15, 0.2) is 5.82 Å². The summed E-state index contributed by atoms with van der Waals surface area (Å²) in [6.07, 6.45) is 7.50. The number of aliphatic carboxylic acids is 1. The zero-order valence-corrected chi connectivity index (χ0v) is 14.3. The fourth-order valence-electron chi connectivity index (χ4n) is 3.32. The van der Waals surface area contributed by atoms with Crippen molar-refractivity contribution in [3.8, 4) is 0 Å². The fourth-order valence-corrected chi connectivity index (χ4v) is 3.32. The van der Waals surface area contributed by atoms with Crippen molar-refractivity contribution in [2.75, 3.05) is 20.2 Å². The quantitative estimate of drug-likeness (QED) is 0.808. The topological polar surface area (TPSA) is 93.4 Å². The zero-order chi connectivity index (χ0) is 17.6. The summed E-state index contributed by atoms with van der Waals surface area (Å²) in [6, 6.07) is 1.93. The normalized spacial score (nSPS) is 18.4. The Bertz CT molecular complexity index is 701. The molecule has 2 aromatic rings. The molecular weight excluding hydrogens is 322 g/mol. The minimum atomic E-state index is -0.870. The van der Waals surface area contributed by atoms with Crippen molar-refractivity contribution in [3.63, 3.8) is 0 Å². The first-order valence-electron chi connectivity index (χ1n) is 8.40. The molecule has 134 valence electrons. The smallest absolute Gasteiger partial charge is 0.325 e. The van der Waals surface area contributed by atoms with E-state index in [1.54, 1.807) is 18.0 Å². The molecular formula is C17H23N5O3.